The lowest BCUT2D eigenvalue weighted by Crippen LogP contribution is -2.63. The van der Waals surface area contributed by atoms with Crippen LogP contribution in [-0.2, 0) is 24.3 Å². The zero-order valence-electron chi connectivity index (χ0n) is 34.4. The minimum absolute atomic E-state index is 0.0268. The van der Waals surface area contributed by atoms with Crippen molar-refractivity contribution in [2.45, 2.75) is 139 Å². The number of H-pyrrole nitrogens is 1. The minimum atomic E-state index is -2.14. The second-order valence-corrected chi connectivity index (χ2v) is 24.9. The van der Waals surface area contributed by atoms with Gasteiger partial charge in [0.2, 0.25) is 11.2 Å². The Kier molecular flexibility index (Phi) is 12.6. The van der Waals surface area contributed by atoms with Crippen molar-refractivity contribution in [1.29, 1.82) is 0 Å². The van der Waals surface area contributed by atoms with Crippen LogP contribution in [0.5, 0.6) is 5.75 Å². The molecule has 3 fully saturated rings. The summed E-state index contributed by atoms with van der Waals surface area (Å²) >= 11 is 2.75. The van der Waals surface area contributed by atoms with Gasteiger partial charge in [-0.25, -0.2) is 4.79 Å². The number of carbonyl (C=O) groups excluding carboxylic acids is 1. The number of pyridine rings is 1. The van der Waals surface area contributed by atoms with E-state index >= 15 is 0 Å². The number of nitrogens with one attached hydrogen (secondary N) is 2. The number of hydrogen-bond acceptors (Lipinski definition) is 10. The molecule has 2 bridgehead atoms. The van der Waals surface area contributed by atoms with Crippen molar-refractivity contribution in [2.75, 3.05) is 26.7 Å². The van der Waals surface area contributed by atoms with Crippen molar-refractivity contribution in [3.05, 3.63) is 85.0 Å². The lowest BCUT2D eigenvalue weighted by atomic mass is 9.94. The van der Waals surface area contributed by atoms with E-state index in [1.54, 1.807) is 24.3 Å². The molecule has 3 aliphatic heterocycles. The van der Waals surface area contributed by atoms with Gasteiger partial charge >= 0.3 is 5.97 Å². The van der Waals surface area contributed by atoms with E-state index in [4.69, 9.17) is 13.9 Å². The molecule has 0 amide bonds. The van der Waals surface area contributed by atoms with E-state index in [9.17, 15) is 19.8 Å². The topological polar surface area (TPSA) is 136 Å². The fourth-order valence-electron chi connectivity index (χ4n) is 9.11. The van der Waals surface area contributed by atoms with Crippen molar-refractivity contribution in [2.24, 2.45) is 0 Å². The molecule has 0 aliphatic carbocycles. The summed E-state index contributed by atoms with van der Waals surface area (Å²) < 4.78 is 20.2. The van der Waals surface area contributed by atoms with Gasteiger partial charge in [0.1, 0.15) is 30.4 Å². The van der Waals surface area contributed by atoms with Crippen molar-refractivity contribution < 1.29 is 33.4 Å². The molecule has 3 aliphatic rings. The zero-order valence-corrected chi connectivity index (χ0v) is 37.0. The summed E-state index contributed by atoms with van der Waals surface area (Å²) in [6.07, 6.45) is 9.90. The Bertz CT molecular complexity index is 1980. The van der Waals surface area contributed by atoms with Crippen LogP contribution in [0.15, 0.2) is 64.1 Å². The molecular formula is C44H61N3O7S2Si. The second kappa shape index (κ2) is 17.0. The number of piperidine rings is 1. The molecule has 0 saturated carbocycles. The van der Waals surface area contributed by atoms with E-state index in [0.717, 1.165) is 47.8 Å². The molecule has 3 saturated heterocycles. The summed E-state index contributed by atoms with van der Waals surface area (Å²) in [4.78, 5) is 29.6. The van der Waals surface area contributed by atoms with Crippen LogP contribution in [0.25, 0.3) is 10.9 Å². The molecule has 10 nitrogen and oxygen atoms in total. The highest BCUT2D eigenvalue weighted by Gasteiger charge is 2.72. The van der Waals surface area contributed by atoms with E-state index in [2.05, 4.69) is 51.2 Å². The van der Waals surface area contributed by atoms with Crippen molar-refractivity contribution in [3.63, 3.8) is 0 Å². The fraction of sp³-hybridized carbons (Fsp3) is 0.591. The van der Waals surface area contributed by atoms with Gasteiger partial charge in [-0.05, 0) is 78.5 Å². The Labute approximate surface area is 346 Å². The van der Waals surface area contributed by atoms with E-state index in [-0.39, 0.29) is 40.8 Å². The first-order valence-corrected chi connectivity index (χ1v) is 25.5. The summed E-state index contributed by atoms with van der Waals surface area (Å²) in [5.74, 6) is -0.756. The average Bonchev–Trinajstić information content (AvgIpc) is 3.45. The summed E-state index contributed by atoms with van der Waals surface area (Å²) in [6.45, 7) is 13.8. The molecule has 57 heavy (non-hydrogen) atoms. The molecule has 6 heterocycles. The van der Waals surface area contributed by atoms with Crippen molar-refractivity contribution >= 4 is 47.9 Å². The first-order chi connectivity index (χ1) is 27.1. The largest absolute Gasteiger partial charge is 0.871 e. The third-order valence-corrected chi connectivity index (χ3v) is 19.9. The monoisotopic (exact) mass is 835 g/mol. The van der Waals surface area contributed by atoms with E-state index < -0.39 is 19.9 Å². The molecule has 4 unspecified atom stereocenters. The minimum Gasteiger partial charge on any atom is -0.871 e. The van der Waals surface area contributed by atoms with E-state index in [1.807, 2.05) is 29.0 Å². The molecule has 3 N–H and O–H groups in total. The van der Waals surface area contributed by atoms with Crippen LogP contribution < -0.4 is 16.0 Å². The van der Waals surface area contributed by atoms with Crippen LogP contribution in [0.1, 0.15) is 100.0 Å². The Hall–Kier alpha value is -2.88. The molecule has 3 aromatic heterocycles. The Balaban J connectivity index is 0.831. The molecular weight excluding hydrogens is 775 g/mol. The zero-order chi connectivity index (χ0) is 40.6. The third-order valence-electron chi connectivity index (χ3n) is 13.5. The van der Waals surface area contributed by atoms with Gasteiger partial charge in [-0.3, -0.25) is 4.79 Å². The number of esters is 1. The van der Waals surface area contributed by atoms with E-state index in [1.165, 1.54) is 67.3 Å². The SMILES string of the molecule is CC(C)(C)[Si](C)(C)O[C@@H](CNCCCCCCCCC[N+]1(C)C2CC(OC(=O)C(O)(c3cccs3)c3cccs3)CC1C1OC12)c1ccc([O-])c2[nH]c(=O)ccc12. The number of benzene rings is 1. The number of nitrogens with zero attached hydrogens (tertiary/aromatic N) is 1. The Morgan fingerprint density at radius 1 is 0.965 bits per heavy atom. The van der Waals surface area contributed by atoms with Gasteiger partial charge in [0, 0.05) is 36.4 Å². The number of carbonyl (C=O) groups is 1. The highest BCUT2D eigenvalue weighted by atomic mass is 32.1. The molecule has 0 radical (unpaired) electrons. The number of epoxide rings is 1. The molecule has 13 heteroatoms. The molecule has 0 spiro atoms. The van der Waals surface area contributed by atoms with Crippen LogP contribution in [0.2, 0.25) is 18.1 Å². The predicted molar refractivity (Wildman–Crippen MR) is 228 cm³/mol. The number of rotatable bonds is 19. The molecule has 1 aromatic carbocycles. The van der Waals surface area contributed by atoms with E-state index in [0.29, 0.717) is 33.9 Å². The lowest BCUT2D eigenvalue weighted by molar-refractivity contribution is -0.956. The number of ether oxygens (including phenoxy) is 2. The predicted octanol–water partition coefficient (Wildman–Crippen LogP) is 7.71. The fourth-order valence-corrected chi connectivity index (χ4v) is 12.1. The van der Waals surface area contributed by atoms with Crippen LogP contribution in [0.3, 0.4) is 0 Å². The van der Waals surface area contributed by atoms with Gasteiger partial charge in [-0.2, -0.15) is 0 Å². The number of morpholine rings is 1. The maximum atomic E-state index is 13.7. The number of quaternary nitrogens is 1. The van der Waals surface area contributed by atoms with Crippen molar-refractivity contribution in [3.8, 4) is 5.75 Å². The molecule has 5 atom stereocenters. The van der Waals surface area contributed by atoms with Crippen molar-refractivity contribution in [1.82, 2.24) is 10.3 Å². The maximum Gasteiger partial charge on any atom is 0.349 e. The number of hydrogen-bond donors (Lipinski definition) is 3. The summed E-state index contributed by atoms with van der Waals surface area (Å²) in [5.41, 5.74) is -0.774. The number of likely N-dealkylation sites (N-methyl/N-ethyl adjacent to an activating group) is 1. The number of aliphatic hydroxyl groups is 1. The summed E-state index contributed by atoms with van der Waals surface area (Å²) in [6, 6.07) is 14.6. The van der Waals surface area contributed by atoms with Gasteiger partial charge in [-0.15, -0.1) is 22.7 Å². The van der Waals surface area contributed by atoms with Crippen LogP contribution >= 0.6 is 22.7 Å². The Morgan fingerprint density at radius 2 is 1.58 bits per heavy atom. The van der Waals surface area contributed by atoms with Gasteiger partial charge in [0.25, 0.3) is 0 Å². The Morgan fingerprint density at radius 3 is 2.18 bits per heavy atom. The number of thiophene rings is 2. The number of aromatic nitrogens is 1. The van der Waals surface area contributed by atoms with Crippen LogP contribution in [0.4, 0.5) is 0 Å². The summed E-state index contributed by atoms with van der Waals surface area (Å²) in [7, 11) is 0.245. The van der Waals surface area contributed by atoms with Crippen LogP contribution in [-0.4, -0.2) is 85.9 Å². The number of fused-ring (bicyclic) bond motifs is 6. The lowest BCUT2D eigenvalue weighted by Gasteiger charge is -2.48. The maximum absolute atomic E-state index is 13.7. The van der Waals surface area contributed by atoms with Gasteiger partial charge in [-0.1, -0.05) is 76.5 Å². The highest BCUT2D eigenvalue weighted by molar-refractivity contribution is 7.12. The normalized spacial score (nSPS) is 25.1. The third kappa shape index (κ3) is 8.73. The first kappa shape index (κ1) is 42.2. The van der Waals surface area contributed by atoms with Gasteiger partial charge < -0.3 is 38.9 Å². The molecule has 7 rings (SSSR count). The van der Waals surface area contributed by atoms with Gasteiger partial charge in [0.15, 0.2) is 8.32 Å². The smallest absolute Gasteiger partial charge is 0.349 e. The number of unbranched alkanes of at least 4 members (excludes halogenated alkanes) is 6. The second-order valence-electron chi connectivity index (χ2n) is 18.2. The van der Waals surface area contributed by atoms with Gasteiger partial charge in [0.05, 0.1) is 29.5 Å². The molecule has 310 valence electrons. The number of aromatic amines is 1. The highest BCUT2D eigenvalue weighted by Crippen LogP contribution is 2.53. The standard InChI is InChI=1S/C44H61N3O7S2Si/c1-43(2,3)57(5,6)54-35(30-18-20-34(48)39-31(30)19-21-38(49)46-39)28-45-22-12-10-8-7-9-11-13-23-47(4)32-26-29(27-33(47)41-40(32)53-41)52-42(50)44(51,36-16-14-24-55-36)37-17-15-25-56-37/h14-21,24-25,29,32-33,35,40-41,45,51H,7-13,22-23,26-28H2,1-6H3,(H-,46,48,49)/t29?,32?,33?,35-,40?,41?,47?/m0/s1. The average molecular weight is 836 g/mol. The first-order valence-electron chi connectivity index (χ1n) is 20.9. The molecule has 4 aromatic rings. The summed E-state index contributed by atoms with van der Waals surface area (Å²) in [5, 5.41) is 32.5. The quantitative estimate of drug-likeness (QED) is 0.0288. The van der Waals surface area contributed by atoms with Crippen LogP contribution in [0, 0.1) is 0 Å².